The molecule has 0 bridgehead atoms. The molecular formula is C28H28F2N2O4. The molecule has 36 heavy (non-hydrogen) atoms. The average molecular weight is 495 g/mol. The molecule has 0 saturated heterocycles. The van der Waals surface area contributed by atoms with Gasteiger partial charge in [0, 0.05) is 24.4 Å². The first kappa shape index (κ1) is 25.3. The number of aromatic hydroxyl groups is 1. The molecule has 0 aliphatic heterocycles. The van der Waals surface area contributed by atoms with Crippen molar-refractivity contribution in [3.8, 4) is 11.5 Å². The Labute approximate surface area is 207 Å². The minimum atomic E-state index is -2.97. The Bertz CT molecular complexity index is 1340. The molecule has 0 aliphatic rings. The van der Waals surface area contributed by atoms with Gasteiger partial charge in [0.2, 0.25) is 5.56 Å². The summed E-state index contributed by atoms with van der Waals surface area (Å²) >= 11 is 0. The monoisotopic (exact) mass is 494 g/mol. The summed E-state index contributed by atoms with van der Waals surface area (Å²) in [4.78, 5) is 14.1. The van der Waals surface area contributed by atoms with Crippen LogP contribution in [-0.4, -0.2) is 40.8 Å². The first-order valence-corrected chi connectivity index (χ1v) is 11.7. The zero-order valence-corrected chi connectivity index (χ0v) is 19.6. The number of hydrogen-bond donors (Lipinski definition) is 4. The van der Waals surface area contributed by atoms with Crippen LogP contribution in [0.2, 0.25) is 0 Å². The van der Waals surface area contributed by atoms with Gasteiger partial charge in [-0.25, -0.2) is 8.78 Å². The van der Waals surface area contributed by atoms with E-state index in [0.29, 0.717) is 40.7 Å². The van der Waals surface area contributed by atoms with Gasteiger partial charge in [-0.05, 0) is 53.9 Å². The van der Waals surface area contributed by atoms with E-state index in [1.165, 1.54) is 12.1 Å². The van der Waals surface area contributed by atoms with Crippen LogP contribution >= 0.6 is 0 Å². The number of aromatic nitrogens is 1. The smallest absolute Gasteiger partial charge is 0.285 e. The van der Waals surface area contributed by atoms with Crippen molar-refractivity contribution < 1.29 is 23.7 Å². The predicted octanol–water partition coefficient (Wildman–Crippen LogP) is 4.36. The SMILES string of the molecule is O=c1ccc2c([C@H](O)CNCCc3ccc(OCC(F)(F)Cc4ccccc4)cc3)ccc(O)c2[nH]1. The molecule has 1 aromatic heterocycles. The number of alkyl halides is 2. The van der Waals surface area contributed by atoms with Gasteiger partial charge < -0.3 is 25.3 Å². The van der Waals surface area contributed by atoms with E-state index in [2.05, 4.69) is 10.3 Å². The van der Waals surface area contributed by atoms with Crippen LogP contribution in [0.5, 0.6) is 11.5 Å². The second kappa shape index (κ2) is 11.3. The molecule has 1 heterocycles. The van der Waals surface area contributed by atoms with Crippen LogP contribution in [0.1, 0.15) is 22.8 Å². The zero-order valence-electron chi connectivity index (χ0n) is 19.6. The number of phenols is 1. The van der Waals surface area contributed by atoms with Crippen molar-refractivity contribution in [1.82, 2.24) is 10.3 Å². The van der Waals surface area contributed by atoms with Gasteiger partial charge in [0.05, 0.1) is 11.6 Å². The molecule has 0 radical (unpaired) electrons. The standard InChI is InChI=1S/C28H28F2N2O4/c29-28(30,16-20-4-2-1-3-5-20)18-36-21-8-6-19(7-9-21)14-15-31-17-25(34)22-10-12-24(33)27-23(22)11-13-26(35)32-27/h1-13,25,31,33-34H,14-18H2,(H,32,35)/t25-/m1/s1. The van der Waals surface area contributed by atoms with Gasteiger partial charge in [-0.2, -0.15) is 0 Å². The maximum absolute atomic E-state index is 14.2. The topological polar surface area (TPSA) is 94.6 Å². The summed E-state index contributed by atoms with van der Waals surface area (Å²) in [6.07, 6.45) is -0.547. The summed E-state index contributed by atoms with van der Waals surface area (Å²) in [5, 5.41) is 24.4. The Kier molecular flexibility index (Phi) is 7.97. The molecular weight excluding hydrogens is 466 g/mol. The van der Waals surface area contributed by atoms with Crippen molar-refractivity contribution in [3.05, 3.63) is 106 Å². The quantitative estimate of drug-likeness (QED) is 0.233. The summed E-state index contributed by atoms with van der Waals surface area (Å²) in [6, 6.07) is 21.6. The van der Waals surface area contributed by atoms with Gasteiger partial charge in [0.25, 0.3) is 5.92 Å². The predicted molar refractivity (Wildman–Crippen MR) is 135 cm³/mol. The Morgan fingerprint density at radius 3 is 2.44 bits per heavy atom. The van der Waals surface area contributed by atoms with Gasteiger partial charge in [0.15, 0.2) is 6.61 Å². The highest BCUT2D eigenvalue weighted by molar-refractivity contribution is 5.87. The van der Waals surface area contributed by atoms with E-state index in [0.717, 1.165) is 5.56 Å². The van der Waals surface area contributed by atoms with Gasteiger partial charge >= 0.3 is 0 Å². The summed E-state index contributed by atoms with van der Waals surface area (Å²) in [5.41, 5.74) is 2.11. The first-order valence-electron chi connectivity index (χ1n) is 11.7. The average Bonchev–Trinajstić information content (AvgIpc) is 2.87. The van der Waals surface area contributed by atoms with Gasteiger partial charge in [0.1, 0.15) is 11.5 Å². The van der Waals surface area contributed by atoms with Crippen LogP contribution in [0.25, 0.3) is 10.9 Å². The molecule has 0 aliphatic carbocycles. The maximum Gasteiger partial charge on any atom is 0.285 e. The van der Waals surface area contributed by atoms with Crippen molar-refractivity contribution in [2.75, 3.05) is 19.7 Å². The minimum absolute atomic E-state index is 0.0565. The van der Waals surface area contributed by atoms with E-state index >= 15 is 0 Å². The lowest BCUT2D eigenvalue weighted by atomic mass is 10.0. The lowest BCUT2D eigenvalue weighted by Gasteiger charge is -2.17. The molecule has 0 saturated carbocycles. The molecule has 3 aromatic carbocycles. The third kappa shape index (κ3) is 6.68. The number of aliphatic hydroxyl groups excluding tert-OH is 1. The minimum Gasteiger partial charge on any atom is -0.506 e. The number of fused-ring (bicyclic) bond motifs is 1. The lowest BCUT2D eigenvalue weighted by molar-refractivity contribution is -0.0400. The third-order valence-electron chi connectivity index (χ3n) is 5.87. The van der Waals surface area contributed by atoms with E-state index in [4.69, 9.17) is 4.74 Å². The number of H-pyrrole nitrogens is 1. The molecule has 0 amide bonds. The Hall–Kier alpha value is -3.75. The molecule has 6 nitrogen and oxygen atoms in total. The molecule has 1 atom stereocenters. The van der Waals surface area contributed by atoms with Crippen LogP contribution in [0, 0.1) is 0 Å². The number of nitrogens with one attached hydrogen (secondary N) is 2. The van der Waals surface area contributed by atoms with Crippen LogP contribution in [-0.2, 0) is 12.8 Å². The largest absolute Gasteiger partial charge is 0.506 e. The fraction of sp³-hybridized carbons (Fsp3) is 0.250. The molecule has 4 N–H and O–H groups in total. The van der Waals surface area contributed by atoms with E-state index in [9.17, 15) is 23.8 Å². The Morgan fingerprint density at radius 1 is 0.944 bits per heavy atom. The summed E-state index contributed by atoms with van der Waals surface area (Å²) in [6.45, 7) is 0.163. The second-order valence-corrected chi connectivity index (χ2v) is 8.71. The molecule has 188 valence electrons. The second-order valence-electron chi connectivity index (χ2n) is 8.71. The van der Waals surface area contributed by atoms with Crippen LogP contribution in [0.3, 0.4) is 0 Å². The van der Waals surface area contributed by atoms with Crippen molar-refractivity contribution in [3.63, 3.8) is 0 Å². The van der Waals surface area contributed by atoms with Crippen molar-refractivity contribution >= 4 is 10.9 Å². The van der Waals surface area contributed by atoms with E-state index in [1.807, 2.05) is 12.1 Å². The molecule has 8 heteroatoms. The van der Waals surface area contributed by atoms with E-state index in [1.54, 1.807) is 54.6 Å². The normalized spacial score (nSPS) is 12.5. The number of aromatic amines is 1. The fourth-order valence-electron chi connectivity index (χ4n) is 4.02. The highest BCUT2D eigenvalue weighted by atomic mass is 19.3. The lowest BCUT2D eigenvalue weighted by Crippen LogP contribution is -2.28. The number of rotatable bonds is 11. The third-order valence-corrected chi connectivity index (χ3v) is 5.87. The van der Waals surface area contributed by atoms with Crippen molar-refractivity contribution in [2.45, 2.75) is 24.9 Å². The number of benzene rings is 3. The summed E-state index contributed by atoms with van der Waals surface area (Å²) < 4.78 is 33.7. The molecule has 4 rings (SSSR count). The first-order chi connectivity index (χ1) is 17.3. The number of hydrogen-bond acceptors (Lipinski definition) is 5. The summed E-state index contributed by atoms with van der Waals surface area (Å²) in [5.74, 6) is -2.64. The number of phenolic OH excluding ortho intramolecular Hbond substituents is 1. The van der Waals surface area contributed by atoms with Crippen LogP contribution in [0.15, 0.2) is 83.7 Å². The molecule has 0 fully saturated rings. The van der Waals surface area contributed by atoms with E-state index in [-0.39, 0.29) is 24.3 Å². The molecule has 0 unspecified atom stereocenters. The van der Waals surface area contributed by atoms with Crippen molar-refractivity contribution in [1.29, 1.82) is 0 Å². The number of ether oxygens (including phenoxy) is 1. The number of aliphatic hydroxyl groups is 1. The summed E-state index contributed by atoms with van der Waals surface area (Å²) in [7, 11) is 0. The Balaban J connectivity index is 1.24. The fourth-order valence-corrected chi connectivity index (χ4v) is 4.02. The van der Waals surface area contributed by atoms with E-state index < -0.39 is 18.6 Å². The maximum atomic E-state index is 14.2. The van der Waals surface area contributed by atoms with Crippen molar-refractivity contribution in [2.24, 2.45) is 0 Å². The number of halogens is 2. The van der Waals surface area contributed by atoms with Gasteiger partial charge in [-0.15, -0.1) is 0 Å². The molecule has 4 aromatic rings. The van der Waals surface area contributed by atoms with Gasteiger partial charge in [-0.3, -0.25) is 4.79 Å². The molecule has 0 spiro atoms. The van der Waals surface area contributed by atoms with Crippen LogP contribution < -0.4 is 15.6 Å². The van der Waals surface area contributed by atoms with Gasteiger partial charge in [-0.1, -0.05) is 48.5 Å². The van der Waals surface area contributed by atoms with Crippen LogP contribution in [0.4, 0.5) is 8.78 Å². The number of pyridine rings is 1. The highest BCUT2D eigenvalue weighted by Crippen LogP contribution is 2.28. The Morgan fingerprint density at radius 2 is 1.69 bits per heavy atom. The highest BCUT2D eigenvalue weighted by Gasteiger charge is 2.30. The zero-order chi connectivity index (χ0) is 25.5.